The van der Waals surface area contributed by atoms with Gasteiger partial charge in [-0.1, -0.05) is 84.5 Å². The van der Waals surface area contributed by atoms with Crippen LogP contribution in [-0.2, 0) is 0 Å². The molecule has 2 aliphatic carbocycles. The molecule has 2 fully saturated rings. The average Bonchev–Trinajstić information content (AvgIpc) is 2.86. The molecule has 3 unspecified atom stereocenters. The first-order valence-corrected chi connectivity index (χ1v) is 10.2. The Hall–Kier alpha value is 0. The maximum atomic E-state index is 2.36. The van der Waals surface area contributed by atoms with Crippen molar-refractivity contribution in [2.75, 3.05) is 0 Å². The Bertz CT molecular complexity index is 257. The minimum absolute atomic E-state index is 1.01. The molecule has 0 N–H and O–H groups in total. The molecule has 0 nitrogen and oxygen atoms in total. The zero-order valence-corrected chi connectivity index (χ0v) is 14.8. The van der Waals surface area contributed by atoms with E-state index in [1.54, 1.807) is 0 Å². The normalized spacial score (nSPS) is 32.6. The smallest absolute Gasteiger partial charge is 0.0207 e. The Balaban J connectivity index is 1.83. The number of hydrogen-bond acceptors (Lipinski definition) is 0. The van der Waals surface area contributed by atoms with Crippen molar-refractivity contribution >= 4 is 0 Å². The third-order valence-corrected chi connectivity index (χ3v) is 6.24. The van der Waals surface area contributed by atoms with Gasteiger partial charge in [-0.15, -0.1) is 0 Å². The molecular formula is C21H39. The largest absolute Gasteiger partial charge is 0.0654 e. The second-order valence-corrected chi connectivity index (χ2v) is 7.98. The van der Waals surface area contributed by atoms with Gasteiger partial charge in [-0.2, -0.15) is 0 Å². The van der Waals surface area contributed by atoms with Gasteiger partial charge in [-0.05, 0) is 49.4 Å². The van der Waals surface area contributed by atoms with Gasteiger partial charge >= 0.3 is 0 Å². The van der Waals surface area contributed by atoms with Crippen LogP contribution in [0.5, 0.6) is 0 Å². The Labute approximate surface area is 134 Å². The summed E-state index contributed by atoms with van der Waals surface area (Å²) in [5, 5.41) is 0. The molecule has 0 saturated heterocycles. The predicted molar refractivity (Wildman–Crippen MR) is 94.3 cm³/mol. The van der Waals surface area contributed by atoms with Gasteiger partial charge in [-0.3, -0.25) is 0 Å². The van der Waals surface area contributed by atoms with E-state index in [2.05, 4.69) is 13.8 Å². The Morgan fingerprint density at radius 3 is 2.43 bits per heavy atom. The minimum atomic E-state index is 1.01. The van der Waals surface area contributed by atoms with Crippen LogP contribution < -0.4 is 0 Å². The molecule has 0 aromatic heterocycles. The number of hydrogen-bond donors (Lipinski definition) is 0. The van der Waals surface area contributed by atoms with Crippen molar-refractivity contribution in [3.8, 4) is 0 Å². The molecule has 2 aliphatic rings. The second kappa shape index (κ2) is 9.90. The summed E-state index contributed by atoms with van der Waals surface area (Å²) in [6.07, 6.45) is 22.3. The lowest BCUT2D eigenvalue weighted by Crippen LogP contribution is -2.15. The molecule has 0 bridgehead atoms. The predicted octanol–water partition coefficient (Wildman–Crippen LogP) is 7.33. The maximum Gasteiger partial charge on any atom is -0.0207 e. The van der Waals surface area contributed by atoms with Crippen molar-refractivity contribution in [3.05, 3.63) is 5.92 Å². The fraction of sp³-hybridized carbons (Fsp3) is 0.952. The van der Waals surface area contributed by atoms with E-state index in [4.69, 9.17) is 0 Å². The highest BCUT2D eigenvalue weighted by Gasteiger charge is 2.29. The van der Waals surface area contributed by atoms with Crippen molar-refractivity contribution in [1.29, 1.82) is 0 Å². The molecule has 0 heterocycles. The summed E-state index contributed by atoms with van der Waals surface area (Å²) >= 11 is 0. The molecular weight excluding hydrogens is 252 g/mol. The Morgan fingerprint density at radius 2 is 1.62 bits per heavy atom. The van der Waals surface area contributed by atoms with Crippen LogP contribution in [0.3, 0.4) is 0 Å². The summed E-state index contributed by atoms with van der Waals surface area (Å²) in [7, 11) is 0. The van der Waals surface area contributed by atoms with Crippen LogP contribution in [0.2, 0.25) is 0 Å². The van der Waals surface area contributed by atoms with Crippen molar-refractivity contribution < 1.29 is 0 Å². The molecule has 0 aromatic carbocycles. The van der Waals surface area contributed by atoms with Crippen LogP contribution in [0.15, 0.2) is 0 Å². The van der Waals surface area contributed by atoms with Gasteiger partial charge in [0.05, 0.1) is 0 Å². The Kier molecular flexibility index (Phi) is 8.19. The molecule has 0 aliphatic heterocycles. The molecule has 3 atom stereocenters. The van der Waals surface area contributed by atoms with Crippen LogP contribution in [0.25, 0.3) is 0 Å². The third-order valence-electron chi connectivity index (χ3n) is 6.24. The van der Waals surface area contributed by atoms with E-state index >= 15 is 0 Å². The molecule has 1 radical (unpaired) electrons. The lowest BCUT2D eigenvalue weighted by molar-refractivity contribution is 0.363. The van der Waals surface area contributed by atoms with E-state index in [1.165, 1.54) is 96.3 Å². The fourth-order valence-corrected chi connectivity index (χ4v) is 4.95. The summed E-state index contributed by atoms with van der Waals surface area (Å²) in [4.78, 5) is 0. The average molecular weight is 292 g/mol. The summed E-state index contributed by atoms with van der Waals surface area (Å²) in [5.74, 6) is 5.11. The highest BCUT2D eigenvalue weighted by Crippen LogP contribution is 2.42. The monoisotopic (exact) mass is 291 g/mol. The Morgan fingerprint density at radius 1 is 0.762 bits per heavy atom. The van der Waals surface area contributed by atoms with E-state index in [9.17, 15) is 0 Å². The van der Waals surface area contributed by atoms with Crippen molar-refractivity contribution in [1.82, 2.24) is 0 Å². The van der Waals surface area contributed by atoms with Gasteiger partial charge in [-0.25, -0.2) is 0 Å². The topological polar surface area (TPSA) is 0 Å². The lowest BCUT2D eigenvalue weighted by Gasteiger charge is -2.27. The molecule has 0 aromatic rings. The number of unbranched alkanes of at least 4 members (excludes halogenated alkanes) is 1. The molecule has 2 saturated carbocycles. The summed E-state index contributed by atoms with van der Waals surface area (Å²) in [5.41, 5.74) is 0. The maximum absolute atomic E-state index is 2.36. The first-order chi connectivity index (χ1) is 10.3. The summed E-state index contributed by atoms with van der Waals surface area (Å²) in [6, 6.07) is 0. The van der Waals surface area contributed by atoms with Gasteiger partial charge in [0.25, 0.3) is 0 Å². The first kappa shape index (κ1) is 17.4. The van der Waals surface area contributed by atoms with E-state index < -0.39 is 0 Å². The molecule has 123 valence electrons. The van der Waals surface area contributed by atoms with Crippen LogP contribution in [0.1, 0.15) is 110 Å². The van der Waals surface area contributed by atoms with Crippen LogP contribution in [0.4, 0.5) is 0 Å². The molecule has 0 spiro atoms. The minimum Gasteiger partial charge on any atom is -0.0654 e. The van der Waals surface area contributed by atoms with Crippen LogP contribution in [0, 0.1) is 23.7 Å². The van der Waals surface area contributed by atoms with Crippen LogP contribution in [-0.4, -0.2) is 0 Å². The van der Waals surface area contributed by atoms with Gasteiger partial charge in [0.2, 0.25) is 0 Å². The zero-order valence-electron chi connectivity index (χ0n) is 14.8. The second-order valence-electron chi connectivity index (χ2n) is 7.98. The molecule has 0 heteroatoms. The van der Waals surface area contributed by atoms with Crippen molar-refractivity contribution in [2.24, 2.45) is 17.8 Å². The van der Waals surface area contributed by atoms with Gasteiger partial charge < -0.3 is 0 Å². The van der Waals surface area contributed by atoms with E-state index in [0.717, 1.165) is 17.8 Å². The highest BCUT2D eigenvalue weighted by atomic mass is 14.3. The zero-order chi connectivity index (χ0) is 14.9. The quantitative estimate of drug-likeness (QED) is 0.449. The van der Waals surface area contributed by atoms with Crippen LogP contribution >= 0.6 is 0 Å². The lowest BCUT2D eigenvalue weighted by atomic mass is 9.78. The van der Waals surface area contributed by atoms with E-state index in [0.29, 0.717) is 0 Å². The SMILES string of the molecule is CCCCC1CCCC[C](C2CCCC(CCC)CC2)C1. The summed E-state index contributed by atoms with van der Waals surface area (Å²) in [6.45, 7) is 4.71. The van der Waals surface area contributed by atoms with Gasteiger partial charge in [0.1, 0.15) is 0 Å². The van der Waals surface area contributed by atoms with E-state index in [-0.39, 0.29) is 0 Å². The van der Waals surface area contributed by atoms with E-state index in [1.807, 2.05) is 5.92 Å². The van der Waals surface area contributed by atoms with Gasteiger partial charge in [0, 0.05) is 0 Å². The van der Waals surface area contributed by atoms with Crippen molar-refractivity contribution in [3.63, 3.8) is 0 Å². The molecule has 2 rings (SSSR count). The summed E-state index contributed by atoms with van der Waals surface area (Å²) < 4.78 is 0. The fourth-order valence-electron chi connectivity index (χ4n) is 4.95. The third kappa shape index (κ3) is 5.95. The number of rotatable bonds is 6. The highest BCUT2D eigenvalue weighted by molar-refractivity contribution is 5.00. The molecule has 0 amide bonds. The molecule has 21 heavy (non-hydrogen) atoms. The standard InChI is InChI=1S/C21H39/c1-3-5-10-19-11-6-7-13-21(17-19)20-14-8-12-18(9-4-2)15-16-20/h18-20H,3-17H2,1-2H3. The van der Waals surface area contributed by atoms with Gasteiger partial charge in [0.15, 0.2) is 0 Å². The van der Waals surface area contributed by atoms with Crippen molar-refractivity contribution in [2.45, 2.75) is 110 Å². The first-order valence-electron chi connectivity index (χ1n) is 10.2.